The first kappa shape index (κ1) is 20.1. The summed E-state index contributed by atoms with van der Waals surface area (Å²) in [5, 5.41) is 10.3. The van der Waals surface area contributed by atoms with E-state index in [0.29, 0.717) is 19.6 Å². The van der Waals surface area contributed by atoms with Crippen LogP contribution >= 0.6 is 11.3 Å². The number of ether oxygens (including phenoxy) is 1. The molecule has 0 aliphatic heterocycles. The summed E-state index contributed by atoms with van der Waals surface area (Å²) >= 11 is 1.55. The molecule has 2 heterocycles. The number of nitrogens with one attached hydrogen (secondary N) is 1. The van der Waals surface area contributed by atoms with Gasteiger partial charge in [-0.2, -0.15) is 5.10 Å². The molecule has 0 fully saturated rings. The van der Waals surface area contributed by atoms with Gasteiger partial charge in [-0.3, -0.25) is 9.48 Å². The summed E-state index contributed by atoms with van der Waals surface area (Å²) in [6.45, 7) is 7.26. The molecule has 0 aliphatic carbocycles. The zero-order chi connectivity index (χ0) is 20.1. The molecule has 0 aliphatic rings. The number of benzene rings is 1. The highest BCUT2D eigenvalue weighted by Gasteiger charge is 2.11. The lowest BCUT2D eigenvalue weighted by Gasteiger charge is -2.05. The molecule has 28 heavy (non-hydrogen) atoms. The van der Waals surface area contributed by atoms with Gasteiger partial charge in [-0.05, 0) is 57.0 Å². The molecule has 0 bridgehead atoms. The Hall–Kier alpha value is -2.67. The van der Waals surface area contributed by atoms with Gasteiger partial charge in [-0.25, -0.2) is 4.98 Å². The fourth-order valence-electron chi connectivity index (χ4n) is 3.11. The van der Waals surface area contributed by atoms with Gasteiger partial charge in [-0.15, -0.1) is 11.3 Å². The maximum Gasteiger partial charge on any atom is 0.226 e. The van der Waals surface area contributed by atoms with Crippen molar-refractivity contribution in [1.82, 2.24) is 20.1 Å². The van der Waals surface area contributed by atoms with Crippen molar-refractivity contribution in [2.24, 2.45) is 7.05 Å². The molecule has 7 heteroatoms. The maximum atomic E-state index is 12.3. The number of thiazole rings is 1. The molecule has 0 spiro atoms. The Bertz CT molecular complexity index is 944. The van der Waals surface area contributed by atoms with Crippen molar-refractivity contribution in [2.45, 2.75) is 33.6 Å². The SMILES string of the molecule is CCOc1ccc(-c2nc(CC(=O)NCCc3c(C)nn(C)c3C)cs2)cc1. The highest BCUT2D eigenvalue weighted by molar-refractivity contribution is 7.13. The lowest BCUT2D eigenvalue weighted by Crippen LogP contribution is -2.27. The van der Waals surface area contributed by atoms with E-state index in [9.17, 15) is 4.79 Å². The molecule has 0 radical (unpaired) electrons. The third-order valence-corrected chi connectivity index (χ3v) is 5.60. The molecule has 0 saturated carbocycles. The van der Waals surface area contributed by atoms with E-state index in [2.05, 4.69) is 22.3 Å². The van der Waals surface area contributed by atoms with E-state index >= 15 is 0 Å². The predicted octanol–water partition coefficient (Wildman–Crippen LogP) is 3.46. The van der Waals surface area contributed by atoms with Crippen LogP contribution in [0.3, 0.4) is 0 Å². The van der Waals surface area contributed by atoms with E-state index in [4.69, 9.17) is 4.74 Å². The normalized spacial score (nSPS) is 10.9. The third-order valence-electron chi connectivity index (χ3n) is 4.66. The van der Waals surface area contributed by atoms with Crippen LogP contribution in [0.4, 0.5) is 0 Å². The molecule has 0 unspecified atom stereocenters. The first-order valence-corrected chi connectivity index (χ1v) is 10.3. The largest absolute Gasteiger partial charge is 0.494 e. The quantitative estimate of drug-likeness (QED) is 0.631. The van der Waals surface area contributed by atoms with Crippen molar-refractivity contribution < 1.29 is 9.53 Å². The molecule has 1 aromatic carbocycles. The Morgan fingerprint density at radius 1 is 1.25 bits per heavy atom. The number of carbonyl (C=O) groups excluding carboxylic acids is 1. The molecule has 1 amide bonds. The summed E-state index contributed by atoms with van der Waals surface area (Å²) in [6, 6.07) is 7.86. The predicted molar refractivity (Wildman–Crippen MR) is 112 cm³/mol. The van der Waals surface area contributed by atoms with Gasteiger partial charge >= 0.3 is 0 Å². The van der Waals surface area contributed by atoms with Gasteiger partial charge in [0.25, 0.3) is 0 Å². The molecular formula is C21H26N4O2S. The topological polar surface area (TPSA) is 69.0 Å². The number of nitrogens with zero attached hydrogens (tertiary/aromatic N) is 3. The van der Waals surface area contributed by atoms with Crippen LogP contribution in [0.25, 0.3) is 10.6 Å². The minimum Gasteiger partial charge on any atom is -0.494 e. The monoisotopic (exact) mass is 398 g/mol. The minimum absolute atomic E-state index is 0.0114. The Morgan fingerprint density at radius 2 is 2.00 bits per heavy atom. The zero-order valence-corrected chi connectivity index (χ0v) is 17.6. The van der Waals surface area contributed by atoms with Gasteiger partial charge in [0.05, 0.1) is 24.4 Å². The zero-order valence-electron chi connectivity index (χ0n) is 16.8. The number of carbonyl (C=O) groups is 1. The molecule has 3 rings (SSSR count). The number of rotatable bonds is 8. The van der Waals surface area contributed by atoms with E-state index < -0.39 is 0 Å². The van der Waals surface area contributed by atoms with Crippen LogP contribution in [0.1, 0.15) is 29.6 Å². The standard InChI is InChI=1S/C21H26N4O2S/c1-5-27-18-8-6-16(7-9-18)21-23-17(13-28-21)12-20(26)22-11-10-19-14(2)24-25(4)15(19)3/h6-9,13H,5,10-12H2,1-4H3,(H,22,26). The minimum atomic E-state index is -0.0114. The lowest BCUT2D eigenvalue weighted by atomic mass is 10.1. The summed E-state index contributed by atoms with van der Waals surface area (Å²) < 4.78 is 7.34. The fraction of sp³-hybridized carbons (Fsp3) is 0.381. The molecular weight excluding hydrogens is 372 g/mol. The highest BCUT2D eigenvalue weighted by Crippen LogP contribution is 2.26. The lowest BCUT2D eigenvalue weighted by molar-refractivity contribution is -0.120. The van der Waals surface area contributed by atoms with Crippen molar-refractivity contribution in [1.29, 1.82) is 0 Å². The third kappa shape index (κ3) is 4.78. The second-order valence-electron chi connectivity index (χ2n) is 6.65. The number of amides is 1. The van der Waals surface area contributed by atoms with Gasteiger partial charge in [0.1, 0.15) is 10.8 Å². The van der Waals surface area contributed by atoms with E-state index in [1.807, 2.05) is 55.2 Å². The second kappa shape index (κ2) is 9.01. The summed E-state index contributed by atoms with van der Waals surface area (Å²) in [5.74, 6) is 0.837. The van der Waals surface area contributed by atoms with Crippen molar-refractivity contribution >= 4 is 17.2 Å². The van der Waals surface area contributed by atoms with Crippen LogP contribution in [-0.2, 0) is 24.7 Å². The Morgan fingerprint density at radius 3 is 2.64 bits per heavy atom. The van der Waals surface area contributed by atoms with Crippen LogP contribution in [0, 0.1) is 13.8 Å². The Labute approximate surface area is 169 Å². The van der Waals surface area contributed by atoms with E-state index in [1.54, 1.807) is 11.3 Å². The number of aryl methyl sites for hydroxylation is 2. The maximum absolute atomic E-state index is 12.3. The molecule has 2 aromatic heterocycles. The molecule has 3 aromatic rings. The van der Waals surface area contributed by atoms with Gasteiger partial charge in [-0.1, -0.05) is 0 Å². The first-order chi connectivity index (χ1) is 13.5. The highest BCUT2D eigenvalue weighted by atomic mass is 32.1. The Kier molecular flexibility index (Phi) is 6.46. The summed E-state index contributed by atoms with van der Waals surface area (Å²) in [7, 11) is 1.94. The average molecular weight is 399 g/mol. The van der Waals surface area contributed by atoms with Gasteiger partial charge in [0, 0.05) is 30.2 Å². The van der Waals surface area contributed by atoms with E-state index in [1.165, 1.54) is 5.56 Å². The van der Waals surface area contributed by atoms with Crippen molar-refractivity contribution in [3.63, 3.8) is 0 Å². The van der Waals surface area contributed by atoms with Gasteiger partial charge in [0.2, 0.25) is 5.91 Å². The van der Waals surface area contributed by atoms with Gasteiger partial charge in [0.15, 0.2) is 0 Å². The summed E-state index contributed by atoms with van der Waals surface area (Å²) in [5.41, 5.74) is 5.19. The Balaban J connectivity index is 1.52. The van der Waals surface area contributed by atoms with Gasteiger partial charge < -0.3 is 10.1 Å². The van der Waals surface area contributed by atoms with Crippen LogP contribution in [0.5, 0.6) is 5.75 Å². The van der Waals surface area contributed by atoms with Crippen LogP contribution in [-0.4, -0.2) is 33.8 Å². The average Bonchev–Trinajstić information content (AvgIpc) is 3.22. The molecule has 0 saturated heterocycles. The second-order valence-corrected chi connectivity index (χ2v) is 7.51. The number of hydrogen-bond acceptors (Lipinski definition) is 5. The van der Waals surface area contributed by atoms with Crippen LogP contribution in [0.15, 0.2) is 29.6 Å². The first-order valence-electron chi connectivity index (χ1n) is 9.41. The molecule has 6 nitrogen and oxygen atoms in total. The number of aromatic nitrogens is 3. The molecule has 148 valence electrons. The molecule has 1 N–H and O–H groups in total. The van der Waals surface area contributed by atoms with Crippen molar-refractivity contribution in [3.05, 3.63) is 52.3 Å². The molecule has 0 atom stereocenters. The smallest absolute Gasteiger partial charge is 0.226 e. The summed E-state index contributed by atoms with van der Waals surface area (Å²) in [6.07, 6.45) is 1.07. The van der Waals surface area contributed by atoms with E-state index in [-0.39, 0.29) is 5.91 Å². The van der Waals surface area contributed by atoms with Crippen molar-refractivity contribution in [3.8, 4) is 16.3 Å². The summed E-state index contributed by atoms with van der Waals surface area (Å²) in [4.78, 5) is 16.9. The van der Waals surface area contributed by atoms with Crippen LogP contribution < -0.4 is 10.1 Å². The fourth-order valence-corrected chi connectivity index (χ4v) is 3.94. The van der Waals surface area contributed by atoms with Crippen molar-refractivity contribution in [2.75, 3.05) is 13.2 Å². The van der Waals surface area contributed by atoms with E-state index in [0.717, 1.165) is 39.8 Å². The number of hydrogen-bond donors (Lipinski definition) is 1. The van der Waals surface area contributed by atoms with Crippen LogP contribution in [0.2, 0.25) is 0 Å².